The summed E-state index contributed by atoms with van der Waals surface area (Å²) in [5, 5.41) is 2.90. The summed E-state index contributed by atoms with van der Waals surface area (Å²) in [4.78, 5) is 22.1. The third-order valence-electron chi connectivity index (χ3n) is 3.19. The second kappa shape index (κ2) is 5.77. The van der Waals surface area contributed by atoms with Gasteiger partial charge in [-0.25, -0.2) is 9.97 Å². The zero-order valence-corrected chi connectivity index (χ0v) is 10.6. The van der Waals surface area contributed by atoms with Crippen molar-refractivity contribution in [2.45, 2.75) is 25.3 Å². The summed E-state index contributed by atoms with van der Waals surface area (Å²) in [5.41, 5.74) is 6.45. The monoisotopic (exact) mass is 249 g/mol. The predicted molar refractivity (Wildman–Crippen MR) is 68.7 cm³/mol. The van der Waals surface area contributed by atoms with Crippen LogP contribution in [0.5, 0.6) is 0 Å². The van der Waals surface area contributed by atoms with Gasteiger partial charge in [-0.2, -0.15) is 0 Å². The third kappa shape index (κ3) is 2.76. The van der Waals surface area contributed by atoms with E-state index < -0.39 is 0 Å². The van der Waals surface area contributed by atoms with Crippen molar-refractivity contribution < 1.29 is 4.79 Å². The van der Waals surface area contributed by atoms with Crippen molar-refractivity contribution in [1.82, 2.24) is 20.2 Å². The Bertz CT molecular complexity index is 423. The van der Waals surface area contributed by atoms with Gasteiger partial charge in [0.05, 0.1) is 18.3 Å². The second-order valence-electron chi connectivity index (χ2n) is 4.47. The van der Waals surface area contributed by atoms with E-state index in [1.54, 1.807) is 13.2 Å². The van der Waals surface area contributed by atoms with Gasteiger partial charge in [0.2, 0.25) is 11.9 Å². The van der Waals surface area contributed by atoms with Gasteiger partial charge in [0.25, 0.3) is 0 Å². The fourth-order valence-corrected chi connectivity index (χ4v) is 2.36. The fraction of sp³-hybridized carbons (Fsp3) is 0.583. The summed E-state index contributed by atoms with van der Waals surface area (Å²) < 4.78 is 0. The van der Waals surface area contributed by atoms with Gasteiger partial charge in [0.15, 0.2) is 0 Å². The first-order chi connectivity index (χ1) is 8.72. The van der Waals surface area contributed by atoms with Gasteiger partial charge in [0.1, 0.15) is 0 Å². The minimum atomic E-state index is 0.0323. The number of amides is 1. The van der Waals surface area contributed by atoms with Crippen LogP contribution in [0.25, 0.3) is 0 Å². The number of piperidine rings is 1. The Hall–Kier alpha value is -1.69. The van der Waals surface area contributed by atoms with Gasteiger partial charge in [0, 0.05) is 12.7 Å². The van der Waals surface area contributed by atoms with Crippen molar-refractivity contribution >= 4 is 11.9 Å². The molecule has 2 heterocycles. The first-order valence-electron chi connectivity index (χ1n) is 6.25. The van der Waals surface area contributed by atoms with Gasteiger partial charge in [-0.05, 0) is 32.4 Å². The number of nitrogens with two attached hydrogens (primary N) is 1. The first kappa shape index (κ1) is 12.8. The van der Waals surface area contributed by atoms with Crippen LogP contribution in [0.4, 0.5) is 5.95 Å². The van der Waals surface area contributed by atoms with E-state index in [2.05, 4.69) is 15.3 Å². The molecule has 1 aliphatic rings. The molecule has 6 nitrogen and oxygen atoms in total. The molecule has 3 N–H and O–H groups in total. The lowest BCUT2D eigenvalue weighted by atomic mass is 9.99. The van der Waals surface area contributed by atoms with Crippen LogP contribution in [0.3, 0.4) is 0 Å². The van der Waals surface area contributed by atoms with E-state index in [1.165, 1.54) is 0 Å². The molecular formula is C12H19N5O. The minimum absolute atomic E-state index is 0.0323. The molecular weight excluding hydrogens is 230 g/mol. The highest BCUT2D eigenvalue weighted by molar-refractivity contribution is 5.78. The maximum absolute atomic E-state index is 12.1. The molecule has 0 aliphatic carbocycles. The number of rotatable bonds is 3. The molecule has 0 bridgehead atoms. The molecule has 1 saturated heterocycles. The Labute approximate surface area is 107 Å². The zero-order chi connectivity index (χ0) is 13.0. The van der Waals surface area contributed by atoms with E-state index >= 15 is 0 Å². The lowest BCUT2D eigenvalue weighted by Gasteiger charge is -2.35. The quantitative estimate of drug-likeness (QED) is 0.806. The topological polar surface area (TPSA) is 84.1 Å². The minimum Gasteiger partial charge on any atom is -0.368 e. The maximum Gasteiger partial charge on any atom is 0.237 e. The Morgan fingerprint density at radius 1 is 1.61 bits per heavy atom. The molecule has 0 saturated carbocycles. The standard InChI is InChI=1S/C12H19N5O/c1-14-8-11(18)17-7-3-2-4-10(17)9-5-6-15-12(13)16-9/h5-6,10,14H,2-4,7-8H2,1H3,(H2,13,15,16)/t10-/m0/s1. The molecule has 0 spiro atoms. The van der Waals surface area contributed by atoms with Crippen LogP contribution in [0, 0.1) is 0 Å². The van der Waals surface area contributed by atoms with Crippen molar-refractivity contribution in [3.05, 3.63) is 18.0 Å². The largest absolute Gasteiger partial charge is 0.368 e. The number of carbonyl (C=O) groups excluding carboxylic acids is 1. The first-order valence-corrected chi connectivity index (χ1v) is 6.25. The number of likely N-dealkylation sites (N-methyl/N-ethyl adjacent to an activating group) is 1. The highest BCUT2D eigenvalue weighted by Gasteiger charge is 2.28. The molecule has 0 unspecified atom stereocenters. The summed E-state index contributed by atoms with van der Waals surface area (Å²) in [6.45, 7) is 1.14. The van der Waals surface area contributed by atoms with E-state index in [0.29, 0.717) is 6.54 Å². The van der Waals surface area contributed by atoms with E-state index in [-0.39, 0.29) is 17.9 Å². The average molecular weight is 249 g/mol. The predicted octanol–water partition coefficient (Wildman–Crippen LogP) is 0.332. The molecule has 1 aromatic heterocycles. The van der Waals surface area contributed by atoms with E-state index in [4.69, 9.17) is 5.73 Å². The third-order valence-corrected chi connectivity index (χ3v) is 3.19. The molecule has 1 fully saturated rings. The van der Waals surface area contributed by atoms with Crippen molar-refractivity contribution in [1.29, 1.82) is 0 Å². The molecule has 2 rings (SSSR count). The number of nitrogens with one attached hydrogen (secondary N) is 1. The lowest BCUT2D eigenvalue weighted by Crippen LogP contribution is -2.42. The lowest BCUT2D eigenvalue weighted by molar-refractivity contribution is -0.134. The number of likely N-dealkylation sites (tertiary alicyclic amines) is 1. The maximum atomic E-state index is 12.1. The van der Waals surface area contributed by atoms with E-state index in [1.807, 2.05) is 11.0 Å². The van der Waals surface area contributed by atoms with Crippen molar-refractivity contribution in [3.8, 4) is 0 Å². The summed E-state index contributed by atoms with van der Waals surface area (Å²) in [6.07, 6.45) is 4.74. The van der Waals surface area contributed by atoms with Gasteiger partial charge in [-0.1, -0.05) is 0 Å². The number of anilines is 1. The van der Waals surface area contributed by atoms with E-state index in [0.717, 1.165) is 31.5 Å². The van der Waals surface area contributed by atoms with Crippen LogP contribution < -0.4 is 11.1 Å². The van der Waals surface area contributed by atoms with Crippen LogP contribution in [0.1, 0.15) is 31.0 Å². The average Bonchev–Trinajstić information content (AvgIpc) is 2.39. The SMILES string of the molecule is CNCC(=O)N1CCCC[C@H]1c1ccnc(N)n1. The van der Waals surface area contributed by atoms with Gasteiger partial charge in [-0.3, -0.25) is 4.79 Å². The molecule has 1 atom stereocenters. The number of hydrogen-bond acceptors (Lipinski definition) is 5. The Morgan fingerprint density at radius 2 is 2.44 bits per heavy atom. The number of nitrogens with zero attached hydrogens (tertiary/aromatic N) is 3. The van der Waals surface area contributed by atoms with Crippen LogP contribution in [-0.4, -0.2) is 40.9 Å². The van der Waals surface area contributed by atoms with Crippen LogP contribution in [0.2, 0.25) is 0 Å². The van der Waals surface area contributed by atoms with Gasteiger partial charge in [-0.15, -0.1) is 0 Å². The summed E-state index contributed by atoms with van der Waals surface area (Å²) in [6, 6.07) is 1.87. The van der Waals surface area contributed by atoms with Crippen molar-refractivity contribution in [2.24, 2.45) is 0 Å². The molecule has 1 aromatic rings. The van der Waals surface area contributed by atoms with Crippen molar-refractivity contribution in [2.75, 3.05) is 25.9 Å². The normalized spacial score (nSPS) is 19.8. The highest BCUT2D eigenvalue weighted by Crippen LogP contribution is 2.29. The van der Waals surface area contributed by atoms with E-state index in [9.17, 15) is 4.79 Å². The molecule has 0 aromatic carbocycles. The molecule has 6 heteroatoms. The zero-order valence-electron chi connectivity index (χ0n) is 10.6. The van der Waals surface area contributed by atoms with Crippen LogP contribution in [-0.2, 0) is 4.79 Å². The molecule has 18 heavy (non-hydrogen) atoms. The molecule has 0 radical (unpaired) electrons. The molecule has 1 amide bonds. The van der Waals surface area contributed by atoms with Crippen LogP contribution in [0.15, 0.2) is 12.3 Å². The Morgan fingerprint density at radius 3 is 3.17 bits per heavy atom. The second-order valence-corrected chi connectivity index (χ2v) is 4.47. The van der Waals surface area contributed by atoms with Gasteiger partial charge >= 0.3 is 0 Å². The Kier molecular flexibility index (Phi) is 4.09. The Balaban J connectivity index is 2.20. The number of hydrogen-bond donors (Lipinski definition) is 2. The van der Waals surface area contributed by atoms with Crippen LogP contribution >= 0.6 is 0 Å². The van der Waals surface area contributed by atoms with Crippen molar-refractivity contribution in [3.63, 3.8) is 0 Å². The summed E-state index contributed by atoms with van der Waals surface area (Å²) in [5.74, 6) is 0.374. The van der Waals surface area contributed by atoms with Gasteiger partial charge < -0.3 is 16.0 Å². The summed E-state index contributed by atoms with van der Waals surface area (Å²) in [7, 11) is 1.78. The fourth-order valence-electron chi connectivity index (χ4n) is 2.36. The molecule has 98 valence electrons. The highest BCUT2D eigenvalue weighted by atomic mass is 16.2. The molecule has 1 aliphatic heterocycles. The smallest absolute Gasteiger partial charge is 0.237 e. The number of nitrogen functional groups attached to an aromatic ring is 1. The number of carbonyl (C=O) groups is 1. The number of aromatic nitrogens is 2. The summed E-state index contributed by atoms with van der Waals surface area (Å²) >= 11 is 0.